The van der Waals surface area contributed by atoms with Crippen molar-refractivity contribution in [1.29, 1.82) is 0 Å². The zero-order chi connectivity index (χ0) is 10.4. The molecule has 2 nitrogen and oxygen atoms in total. The SMILES string of the molecule is C#CCC(N)C(OC)C1CCCCC1. The quantitative estimate of drug-likeness (QED) is 0.696. The van der Waals surface area contributed by atoms with Crippen LogP contribution in [-0.2, 0) is 4.74 Å². The average molecular weight is 195 g/mol. The maximum Gasteiger partial charge on any atom is 0.0759 e. The van der Waals surface area contributed by atoms with E-state index in [0.29, 0.717) is 12.3 Å². The fourth-order valence-electron chi connectivity index (χ4n) is 2.43. The van der Waals surface area contributed by atoms with Crippen LogP contribution in [0.5, 0.6) is 0 Å². The van der Waals surface area contributed by atoms with Gasteiger partial charge in [0.15, 0.2) is 0 Å². The van der Waals surface area contributed by atoms with E-state index in [0.717, 1.165) is 0 Å². The third-order valence-electron chi connectivity index (χ3n) is 3.16. The van der Waals surface area contributed by atoms with Crippen molar-refractivity contribution in [3.05, 3.63) is 0 Å². The second kappa shape index (κ2) is 6.06. The van der Waals surface area contributed by atoms with Gasteiger partial charge in [0.2, 0.25) is 0 Å². The zero-order valence-electron chi connectivity index (χ0n) is 9.04. The van der Waals surface area contributed by atoms with Gasteiger partial charge in [-0.25, -0.2) is 0 Å². The molecule has 0 saturated heterocycles. The Bertz CT molecular complexity index is 191. The molecule has 0 aromatic carbocycles. The van der Waals surface area contributed by atoms with Crippen LogP contribution < -0.4 is 5.73 Å². The third-order valence-corrected chi connectivity index (χ3v) is 3.16. The number of terminal acetylenes is 1. The van der Waals surface area contributed by atoms with E-state index in [1.54, 1.807) is 7.11 Å². The molecule has 2 N–H and O–H groups in total. The molecule has 0 bridgehead atoms. The summed E-state index contributed by atoms with van der Waals surface area (Å²) in [6, 6.07) is 0.00750. The molecule has 2 atom stereocenters. The molecule has 1 rings (SSSR count). The predicted octanol–water partition coefficient (Wildman–Crippen LogP) is 1.93. The molecule has 0 aliphatic heterocycles. The summed E-state index contributed by atoms with van der Waals surface area (Å²) in [6.45, 7) is 0. The molecule has 1 fully saturated rings. The molecule has 1 aliphatic rings. The van der Waals surface area contributed by atoms with Crippen molar-refractivity contribution >= 4 is 0 Å². The third kappa shape index (κ3) is 3.01. The fraction of sp³-hybridized carbons (Fsp3) is 0.833. The smallest absolute Gasteiger partial charge is 0.0759 e. The summed E-state index contributed by atoms with van der Waals surface area (Å²) in [4.78, 5) is 0. The van der Waals surface area contributed by atoms with Crippen LogP contribution in [0.25, 0.3) is 0 Å². The van der Waals surface area contributed by atoms with Crippen LogP contribution >= 0.6 is 0 Å². The molecular weight excluding hydrogens is 174 g/mol. The van der Waals surface area contributed by atoms with Crippen LogP contribution in [0.3, 0.4) is 0 Å². The van der Waals surface area contributed by atoms with Gasteiger partial charge in [-0.05, 0) is 18.8 Å². The maximum atomic E-state index is 6.00. The van der Waals surface area contributed by atoms with Crippen molar-refractivity contribution in [2.75, 3.05) is 7.11 Å². The molecule has 0 aromatic heterocycles. The lowest BCUT2D eigenvalue weighted by Gasteiger charge is -2.32. The minimum absolute atomic E-state index is 0.00750. The van der Waals surface area contributed by atoms with Gasteiger partial charge in [-0.2, -0.15) is 0 Å². The largest absolute Gasteiger partial charge is 0.380 e. The molecule has 0 amide bonds. The Morgan fingerprint density at radius 2 is 2.07 bits per heavy atom. The highest BCUT2D eigenvalue weighted by atomic mass is 16.5. The molecule has 2 unspecified atom stereocenters. The molecule has 1 aliphatic carbocycles. The van der Waals surface area contributed by atoms with E-state index < -0.39 is 0 Å². The highest BCUT2D eigenvalue weighted by Gasteiger charge is 2.27. The Kier molecular flexibility index (Phi) is 5.00. The Balaban J connectivity index is 2.47. The summed E-state index contributed by atoms with van der Waals surface area (Å²) in [5.74, 6) is 3.24. The molecule has 0 radical (unpaired) electrons. The van der Waals surface area contributed by atoms with Crippen LogP contribution in [0.15, 0.2) is 0 Å². The van der Waals surface area contributed by atoms with Gasteiger partial charge in [-0.1, -0.05) is 19.3 Å². The number of methoxy groups -OCH3 is 1. The summed E-state index contributed by atoms with van der Waals surface area (Å²) in [6.07, 6.45) is 12.5. The summed E-state index contributed by atoms with van der Waals surface area (Å²) < 4.78 is 5.48. The monoisotopic (exact) mass is 195 g/mol. The lowest BCUT2D eigenvalue weighted by molar-refractivity contribution is 0.0189. The first-order chi connectivity index (χ1) is 6.79. The minimum Gasteiger partial charge on any atom is -0.380 e. The van der Waals surface area contributed by atoms with Crippen molar-refractivity contribution in [3.8, 4) is 12.3 Å². The molecule has 0 aromatic rings. The molecule has 2 heteroatoms. The topological polar surface area (TPSA) is 35.2 Å². The predicted molar refractivity (Wildman–Crippen MR) is 58.8 cm³/mol. The Hall–Kier alpha value is -0.520. The second-order valence-corrected chi connectivity index (χ2v) is 4.17. The van der Waals surface area contributed by atoms with Crippen molar-refractivity contribution in [3.63, 3.8) is 0 Å². The van der Waals surface area contributed by atoms with E-state index in [2.05, 4.69) is 5.92 Å². The van der Waals surface area contributed by atoms with Gasteiger partial charge in [0.05, 0.1) is 6.10 Å². The first-order valence-corrected chi connectivity index (χ1v) is 5.51. The van der Waals surface area contributed by atoms with Gasteiger partial charge in [0.25, 0.3) is 0 Å². The van der Waals surface area contributed by atoms with E-state index in [-0.39, 0.29) is 12.1 Å². The number of hydrogen-bond acceptors (Lipinski definition) is 2. The van der Waals surface area contributed by atoms with Gasteiger partial charge in [0, 0.05) is 19.6 Å². The second-order valence-electron chi connectivity index (χ2n) is 4.17. The number of hydrogen-bond donors (Lipinski definition) is 1. The van der Waals surface area contributed by atoms with Crippen LogP contribution in [0.4, 0.5) is 0 Å². The van der Waals surface area contributed by atoms with Crippen LogP contribution in [0, 0.1) is 18.3 Å². The highest BCUT2D eigenvalue weighted by Crippen LogP contribution is 2.29. The van der Waals surface area contributed by atoms with Gasteiger partial charge >= 0.3 is 0 Å². The van der Waals surface area contributed by atoms with Crippen LogP contribution in [0.2, 0.25) is 0 Å². The van der Waals surface area contributed by atoms with Crippen molar-refractivity contribution < 1.29 is 4.74 Å². The normalized spacial score (nSPS) is 22.6. The van der Waals surface area contributed by atoms with Crippen LogP contribution in [-0.4, -0.2) is 19.3 Å². The van der Waals surface area contributed by atoms with E-state index in [1.807, 2.05) is 0 Å². The van der Waals surface area contributed by atoms with Crippen molar-refractivity contribution in [2.45, 2.75) is 50.7 Å². The Morgan fingerprint density at radius 3 is 2.57 bits per heavy atom. The molecule has 0 spiro atoms. The number of ether oxygens (including phenoxy) is 1. The lowest BCUT2D eigenvalue weighted by Crippen LogP contribution is -2.41. The summed E-state index contributed by atoms with van der Waals surface area (Å²) in [7, 11) is 1.75. The first kappa shape index (κ1) is 11.6. The summed E-state index contributed by atoms with van der Waals surface area (Å²) in [5.41, 5.74) is 6.00. The van der Waals surface area contributed by atoms with E-state index in [4.69, 9.17) is 16.9 Å². The maximum absolute atomic E-state index is 6.00. The standard InChI is InChI=1S/C12H21NO/c1-3-7-11(13)12(14-2)10-8-5-4-6-9-10/h1,10-12H,4-9,13H2,2H3. The average Bonchev–Trinajstić information content (AvgIpc) is 2.21. The summed E-state index contributed by atoms with van der Waals surface area (Å²) in [5, 5.41) is 0. The highest BCUT2D eigenvalue weighted by molar-refractivity contribution is 4.93. The Morgan fingerprint density at radius 1 is 1.43 bits per heavy atom. The van der Waals surface area contributed by atoms with Crippen LogP contribution in [0.1, 0.15) is 38.5 Å². The first-order valence-electron chi connectivity index (χ1n) is 5.51. The van der Waals surface area contributed by atoms with Gasteiger partial charge < -0.3 is 10.5 Å². The Labute approximate surface area is 87.2 Å². The van der Waals surface area contributed by atoms with E-state index >= 15 is 0 Å². The number of nitrogens with two attached hydrogens (primary N) is 1. The van der Waals surface area contributed by atoms with Gasteiger partial charge in [0.1, 0.15) is 0 Å². The van der Waals surface area contributed by atoms with Crippen molar-refractivity contribution in [2.24, 2.45) is 11.7 Å². The van der Waals surface area contributed by atoms with Gasteiger partial charge in [-0.15, -0.1) is 12.3 Å². The van der Waals surface area contributed by atoms with E-state index in [1.165, 1.54) is 32.1 Å². The van der Waals surface area contributed by atoms with E-state index in [9.17, 15) is 0 Å². The number of rotatable bonds is 4. The lowest BCUT2D eigenvalue weighted by atomic mass is 9.82. The summed E-state index contributed by atoms with van der Waals surface area (Å²) >= 11 is 0. The molecular formula is C12H21NO. The van der Waals surface area contributed by atoms with Gasteiger partial charge in [-0.3, -0.25) is 0 Å². The molecule has 80 valence electrons. The molecule has 0 heterocycles. The minimum atomic E-state index is 0.00750. The molecule has 14 heavy (non-hydrogen) atoms. The fourth-order valence-corrected chi connectivity index (χ4v) is 2.43. The van der Waals surface area contributed by atoms with Crippen molar-refractivity contribution in [1.82, 2.24) is 0 Å². The molecule has 1 saturated carbocycles. The zero-order valence-corrected chi connectivity index (χ0v) is 9.04.